The lowest BCUT2D eigenvalue weighted by Crippen LogP contribution is -2.07. The van der Waals surface area contributed by atoms with Crippen LogP contribution in [0.25, 0.3) is 142 Å². The molecule has 0 N–H and O–H groups in total. The summed E-state index contributed by atoms with van der Waals surface area (Å²) < 4.78 is 14.1. The topological polar surface area (TPSA) is 61.7 Å². The van der Waals surface area contributed by atoms with Gasteiger partial charge < -0.3 is 8.98 Å². The Hall–Kier alpha value is -9.17. The predicted octanol–water partition coefficient (Wildman–Crippen LogP) is 17.0. The number of benzene rings is 10. The lowest BCUT2D eigenvalue weighted by atomic mass is 9.97. The molecule has 0 fully saturated rings. The summed E-state index contributed by atoms with van der Waals surface area (Å²) in [7, 11) is 0. The number of nitrogens with zero attached hydrogens (tertiary/aromatic N) is 5. The van der Waals surface area contributed by atoms with Crippen LogP contribution in [-0.4, -0.2) is 24.1 Å². The summed E-state index contributed by atoms with van der Waals surface area (Å²) in [6, 6.07) is 79.7. The summed E-state index contributed by atoms with van der Waals surface area (Å²) >= 11 is 1.78. The number of para-hydroxylation sites is 3. The molecule has 15 aromatic rings. The van der Waals surface area contributed by atoms with Crippen LogP contribution in [0.3, 0.4) is 0 Å². The molecule has 6 nitrogen and oxygen atoms in total. The summed E-state index contributed by atoms with van der Waals surface area (Å²) in [5.41, 5.74) is 13.1. The molecule has 0 radical (unpaired) electrons. The summed E-state index contributed by atoms with van der Waals surface area (Å²) in [6.45, 7) is 0. The largest absolute Gasteiger partial charge is 0.454 e. The van der Waals surface area contributed by atoms with Crippen molar-refractivity contribution in [1.82, 2.24) is 24.1 Å². The van der Waals surface area contributed by atoms with E-state index in [-0.39, 0.29) is 0 Å². The summed E-state index contributed by atoms with van der Waals surface area (Å²) in [4.78, 5) is 16.3. The highest BCUT2D eigenvalue weighted by Gasteiger charge is 2.26. The van der Waals surface area contributed by atoms with E-state index in [2.05, 4.69) is 209 Å². The monoisotopic (exact) mass is 911 g/mol. The van der Waals surface area contributed by atoms with Gasteiger partial charge in [-0.2, -0.15) is 9.97 Å². The van der Waals surface area contributed by atoms with Gasteiger partial charge in [0, 0.05) is 63.6 Å². The Morgan fingerprint density at radius 3 is 1.70 bits per heavy atom. The average Bonchev–Trinajstić information content (AvgIpc) is 4.19. The zero-order valence-corrected chi connectivity index (χ0v) is 38.2. The van der Waals surface area contributed by atoms with Crippen LogP contribution < -0.4 is 0 Å². The lowest BCUT2D eigenvalue weighted by molar-refractivity contribution is 0.666. The number of hydrogen-bond donors (Lipinski definition) is 0. The maximum Gasteiger partial charge on any atom is 0.238 e. The van der Waals surface area contributed by atoms with E-state index >= 15 is 0 Å². The normalized spacial score (nSPS) is 12.0. The third-order valence-corrected chi connectivity index (χ3v) is 15.2. The number of furan rings is 1. The van der Waals surface area contributed by atoms with Crippen LogP contribution in [0.2, 0.25) is 0 Å². The SMILES string of the molecule is c1ccc(-c2cccc(-c3cc(-n4c5ccccc5c5ccc6c7ccccc7n(-c7nc(-c8ccccc8)nc(-c8cccc9c8sc8ccccc89)n7)c6c54)c4oc5ccccc5c4c3)c2)cc1. The number of rotatable bonds is 6. The molecule has 0 aliphatic heterocycles. The van der Waals surface area contributed by atoms with E-state index in [0.29, 0.717) is 17.6 Å². The number of aromatic nitrogens is 5. The van der Waals surface area contributed by atoms with E-state index < -0.39 is 0 Å². The summed E-state index contributed by atoms with van der Waals surface area (Å²) in [5, 5.41) is 8.98. The van der Waals surface area contributed by atoms with E-state index in [9.17, 15) is 0 Å². The van der Waals surface area contributed by atoms with Gasteiger partial charge in [-0.25, -0.2) is 4.98 Å². The molecule has 0 bridgehead atoms. The highest BCUT2D eigenvalue weighted by atomic mass is 32.1. The van der Waals surface area contributed by atoms with E-state index in [1.807, 2.05) is 24.3 Å². The van der Waals surface area contributed by atoms with Crippen LogP contribution in [0, 0.1) is 0 Å². The molecule has 0 aliphatic carbocycles. The van der Waals surface area contributed by atoms with Gasteiger partial charge in [-0.1, -0.05) is 176 Å². The fourth-order valence-corrected chi connectivity index (χ4v) is 12.0. The number of hydrogen-bond acceptors (Lipinski definition) is 5. The van der Waals surface area contributed by atoms with Crippen LogP contribution in [-0.2, 0) is 0 Å². The molecule has 5 aromatic heterocycles. The van der Waals surface area contributed by atoms with Gasteiger partial charge in [0.15, 0.2) is 17.2 Å². The van der Waals surface area contributed by atoms with Gasteiger partial charge in [0.2, 0.25) is 5.95 Å². The standard InChI is InChI=1S/C63H37N5OS/c1-3-17-38(18-4-1)40-21-15-22-41(35-40)42-36-51-45-25-9-13-31-55(45)69-59(51)54(37-42)67-52-29-11-7-23-43(52)47-33-34-48-44-24-8-12-30-53(44)68(58(48)57(47)67)63-65-61(39-19-5-2-6-20-39)64-62(66-63)50-28-16-27-49-46-26-10-14-32-56(46)70-60(49)50/h1-37H. The fraction of sp³-hybridized carbons (Fsp3) is 0. The van der Waals surface area contributed by atoms with Crippen molar-refractivity contribution in [1.29, 1.82) is 0 Å². The first-order chi connectivity index (χ1) is 34.7. The molecular formula is C63H37N5OS. The van der Waals surface area contributed by atoms with Crippen molar-refractivity contribution in [3.05, 3.63) is 224 Å². The van der Waals surface area contributed by atoms with Crippen molar-refractivity contribution in [2.24, 2.45) is 0 Å². The van der Waals surface area contributed by atoms with Gasteiger partial charge in [0.1, 0.15) is 5.58 Å². The average molecular weight is 912 g/mol. The van der Waals surface area contributed by atoms with E-state index in [4.69, 9.17) is 19.4 Å². The maximum atomic E-state index is 7.00. The number of fused-ring (bicyclic) bond motifs is 13. The van der Waals surface area contributed by atoms with E-state index in [0.717, 1.165) is 104 Å². The minimum absolute atomic E-state index is 0.540. The molecule has 15 rings (SSSR count). The highest BCUT2D eigenvalue weighted by molar-refractivity contribution is 7.26. The van der Waals surface area contributed by atoms with Crippen molar-refractivity contribution in [3.63, 3.8) is 0 Å². The van der Waals surface area contributed by atoms with E-state index in [1.165, 1.54) is 21.0 Å². The Morgan fingerprint density at radius 1 is 0.357 bits per heavy atom. The van der Waals surface area contributed by atoms with Crippen LogP contribution in [0.15, 0.2) is 229 Å². The Labute approximate surface area is 404 Å². The molecule has 326 valence electrons. The maximum absolute atomic E-state index is 7.00. The molecule has 0 spiro atoms. The molecule has 5 heterocycles. The molecule has 0 atom stereocenters. The van der Waals surface area contributed by atoms with Crippen molar-refractivity contribution in [3.8, 4) is 56.7 Å². The molecule has 0 amide bonds. The van der Waals surface area contributed by atoms with Crippen LogP contribution in [0.1, 0.15) is 0 Å². The Bertz CT molecular complexity index is 4600. The smallest absolute Gasteiger partial charge is 0.238 e. The lowest BCUT2D eigenvalue weighted by Gasteiger charge is -2.15. The zero-order valence-electron chi connectivity index (χ0n) is 37.4. The van der Waals surface area contributed by atoms with Crippen molar-refractivity contribution < 1.29 is 4.42 Å². The van der Waals surface area contributed by atoms with Gasteiger partial charge in [-0.3, -0.25) is 4.57 Å². The first kappa shape index (κ1) is 38.9. The van der Waals surface area contributed by atoms with Crippen LogP contribution in [0.4, 0.5) is 0 Å². The molecule has 0 saturated carbocycles. The zero-order chi connectivity index (χ0) is 45.9. The van der Waals surface area contributed by atoms with Crippen LogP contribution in [0.5, 0.6) is 0 Å². The third kappa shape index (κ3) is 5.82. The Kier molecular flexibility index (Phi) is 8.43. The first-order valence-electron chi connectivity index (χ1n) is 23.5. The fourth-order valence-electron chi connectivity index (χ4n) is 10.8. The second kappa shape index (κ2) is 15.2. The summed E-state index contributed by atoms with van der Waals surface area (Å²) in [6.07, 6.45) is 0. The van der Waals surface area contributed by atoms with Crippen molar-refractivity contribution in [2.45, 2.75) is 0 Å². The molecule has 10 aromatic carbocycles. The van der Waals surface area contributed by atoms with Gasteiger partial charge >= 0.3 is 0 Å². The second-order valence-corrected chi connectivity index (χ2v) is 19.0. The minimum Gasteiger partial charge on any atom is -0.454 e. The first-order valence-corrected chi connectivity index (χ1v) is 24.3. The molecule has 0 aliphatic rings. The molecular weight excluding hydrogens is 875 g/mol. The molecule has 70 heavy (non-hydrogen) atoms. The second-order valence-electron chi connectivity index (χ2n) is 17.9. The minimum atomic E-state index is 0.540. The Morgan fingerprint density at radius 2 is 0.929 bits per heavy atom. The van der Waals surface area contributed by atoms with Gasteiger partial charge in [-0.05, 0) is 70.8 Å². The molecule has 0 unspecified atom stereocenters. The molecule has 7 heteroatoms. The van der Waals surface area contributed by atoms with Gasteiger partial charge in [0.25, 0.3) is 0 Å². The predicted molar refractivity (Wildman–Crippen MR) is 290 cm³/mol. The Balaban J connectivity index is 1.07. The van der Waals surface area contributed by atoms with Crippen LogP contribution >= 0.6 is 11.3 Å². The van der Waals surface area contributed by atoms with Crippen molar-refractivity contribution >= 4 is 97.1 Å². The summed E-state index contributed by atoms with van der Waals surface area (Å²) in [5.74, 6) is 1.76. The van der Waals surface area contributed by atoms with Gasteiger partial charge in [-0.15, -0.1) is 11.3 Å². The molecule has 0 saturated heterocycles. The number of thiophene rings is 1. The highest BCUT2D eigenvalue weighted by Crippen LogP contribution is 2.46. The van der Waals surface area contributed by atoms with Crippen molar-refractivity contribution in [2.75, 3.05) is 0 Å². The van der Waals surface area contributed by atoms with E-state index in [1.54, 1.807) is 11.3 Å². The quantitative estimate of drug-likeness (QED) is 0.167. The third-order valence-electron chi connectivity index (χ3n) is 14.0. The van der Waals surface area contributed by atoms with Gasteiger partial charge in [0.05, 0.1) is 27.8 Å².